The van der Waals surface area contributed by atoms with Gasteiger partial charge in [0.1, 0.15) is 0 Å². The second-order valence-corrected chi connectivity index (χ2v) is 5.05. The second kappa shape index (κ2) is 18.3. The minimum atomic E-state index is 0. The van der Waals surface area contributed by atoms with E-state index in [-0.39, 0.29) is 5.48 Å². The van der Waals surface area contributed by atoms with E-state index < -0.39 is 0 Å². The molecular weight excluding hydrogens is 210 g/mol. The van der Waals surface area contributed by atoms with Gasteiger partial charge >= 0.3 is 0 Å². The van der Waals surface area contributed by atoms with Crippen LogP contribution in [0.2, 0.25) is 0 Å². The number of nitrogens with two attached hydrogens (primary N) is 1. The van der Waals surface area contributed by atoms with Crippen LogP contribution in [0.4, 0.5) is 0 Å². The van der Waals surface area contributed by atoms with Crippen molar-refractivity contribution in [3.8, 4) is 0 Å². The van der Waals surface area contributed by atoms with Gasteiger partial charge in [-0.3, -0.25) is 0 Å². The standard InChI is InChI=1S/C15H33N.H2O/c1-3-5-6-7-8-9-10-11-12-13-15-16-14-4-2;/h16H,3-15H2,1-2H3;1H2. The summed E-state index contributed by atoms with van der Waals surface area (Å²) in [5, 5.41) is 2.46. The predicted molar refractivity (Wildman–Crippen MR) is 75.7 cm³/mol. The van der Waals surface area contributed by atoms with E-state index in [1.165, 1.54) is 83.7 Å². The van der Waals surface area contributed by atoms with Crippen molar-refractivity contribution in [3.63, 3.8) is 0 Å². The molecule has 0 radical (unpaired) electrons. The molecule has 0 unspecified atom stereocenters. The molecule has 0 aliphatic heterocycles. The Kier molecular flexibility index (Phi) is 20.7. The van der Waals surface area contributed by atoms with Gasteiger partial charge in [0.2, 0.25) is 0 Å². The molecule has 0 amide bonds. The van der Waals surface area contributed by atoms with Crippen molar-refractivity contribution in [3.05, 3.63) is 0 Å². The van der Waals surface area contributed by atoms with Crippen LogP contribution in [0, 0.1) is 0 Å². The second-order valence-electron chi connectivity index (χ2n) is 5.05. The highest BCUT2D eigenvalue weighted by Gasteiger charge is 1.93. The summed E-state index contributed by atoms with van der Waals surface area (Å²) in [6.45, 7) is 7.21. The van der Waals surface area contributed by atoms with E-state index in [4.69, 9.17) is 0 Å². The van der Waals surface area contributed by atoms with E-state index in [1.54, 1.807) is 0 Å². The first-order chi connectivity index (χ1) is 7.91. The summed E-state index contributed by atoms with van der Waals surface area (Å²) in [4.78, 5) is 0. The number of quaternary nitrogens is 1. The highest BCUT2D eigenvalue weighted by Crippen LogP contribution is 2.09. The van der Waals surface area contributed by atoms with Crippen LogP contribution in [0.1, 0.15) is 84.5 Å². The summed E-state index contributed by atoms with van der Waals surface area (Å²) in [6, 6.07) is 0. The predicted octanol–water partition coefficient (Wildman–Crippen LogP) is 3.70. The molecule has 3 N–H and O–H groups in total. The molecule has 0 aromatic carbocycles. The van der Waals surface area contributed by atoms with Crippen molar-refractivity contribution in [1.82, 2.24) is 0 Å². The van der Waals surface area contributed by atoms with E-state index >= 15 is 0 Å². The molecule has 0 aromatic heterocycles. The van der Waals surface area contributed by atoms with Gasteiger partial charge in [0.25, 0.3) is 0 Å². The summed E-state index contributed by atoms with van der Waals surface area (Å²) in [5.74, 6) is 0. The highest BCUT2D eigenvalue weighted by molar-refractivity contribution is 4.46. The smallest absolute Gasteiger partial charge is 0.0755 e. The van der Waals surface area contributed by atoms with Gasteiger partial charge in [-0.05, 0) is 19.3 Å². The molecule has 0 saturated carbocycles. The largest absolute Gasteiger partial charge is 0.870 e. The topological polar surface area (TPSA) is 46.6 Å². The summed E-state index contributed by atoms with van der Waals surface area (Å²) in [6.07, 6.45) is 15.8. The minimum absolute atomic E-state index is 0. The molecule has 2 heteroatoms. The Hall–Kier alpha value is -0.0800. The summed E-state index contributed by atoms with van der Waals surface area (Å²) < 4.78 is 0. The highest BCUT2D eigenvalue weighted by atomic mass is 16.0. The van der Waals surface area contributed by atoms with E-state index in [0.717, 1.165) is 0 Å². The van der Waals surface area contributed by atoms with Crippen molar-refractivity contribution in [2.75, 3.05) is 13.1 Å². The van der Waals surface area contributed by atoms with Gasteiger partial charge in [0.05, 0.1) is 13.1 Å². The van der Waals surface area contributed by atoms with Gasteiger partial charge in [-0.1, -0.05) is 65.2 Å². The number of hydrogen-bond donors (Lipinski definition) is 1. The molecule has 17 heavy (non-hydrogen) atoms. The van der Waals surface area contributed by atoms with Crippen LogP contribution in [0.3, 0.4) is 0 Å². The maximum Gasteiger partial charge on any atom is 0.0755 e. The first-order valence-electron chi connectivity index (χ1n) is 7.73. The van der Waals surface area contributed by atoms with Crippen LogP contribution < -0.4 is 5.32 Å². The average molecular weight is 245 g/mol. The average Bonchev–Trinajstić information content (AvgIpc) is 2.31. The first-order valence-corrected chi connectivity index (χ1v) is 7.73. The Labute approximate surface area is 109 Å². The molecule has 0 saturated heterocycles. The lowest BCUT2D eigenvalue weighted by molar-refractivity contribution is -0.655. The van der Waals surface area contributed by atoms with Crippen molar-refractivity contribution in [1.29, 1.82) is 0 Å². The van der Waals surface area contributed by atoms with E-state index in [2.05, 4.69) is 19.2 Å². The zero-order chi connectivity index (χ0) is 11.9. The molecule has 0 spiro atoms. The molecule has 0 aliphatic rings. The molecule has 0 rings (SSSR count). The molecule has 0 aliphatic carbocycles. The third-order valence-corrected chi connectivity index (χ3v) is 3.25. The van der Waals surface area contributed by atoms with Crippen LogP contribution in [0.15, 0.2) is 0 Å². The number of hydrogen-bond acceptors (Lipinski definition) is 1. The van der Waals surface area contributed by atoms with Crippen molar-refractivity contribution >= 4 is 0 Å². The fraction of sp³-hybridized carbons (Fsp3) is 1.00. The van der Waals surface area contributed by atoms with Crippen LogP contribution in [0.5, 0.6) is 0 Å². The zero-order valence-electron chi connectivity index (χ0n) is 12.2. The summed E-state index contributed by atoms with van der Waals surface area (Å²) in [5.41, 5.74) is 0. The van der Waals surface area contributed by atoms with Crippen molar-refractivity contribution in [2.45, 2.75) is 84.5 Å². The van der Waals surface area contributed by atoms with Crippen LogP contribution in [-0.4, -0.2) is 18.6 Å². The quantitative estimate of drug-likeness (QED) is 0.494. The molecule has 0 bridgehead atoms. The fourth-order valence-electron chi connectivity index (χ4n) is 2.12. The fourth-order valence-corrected chi connectivity index (χ4v) is 2.12. The molecular formula is C15H35NO. The van der Waals surface area contributed by atoms with E-state index in [9.17, 15) is 0 Å². The third-order valence-electron chi connectivity index (χ3n) is 3.25. The lowest BCUT2D eigenvalue weighted by Gasteiger charge is -2.02. The van der Waals surface area contributed by atoms with Gasteiger partial charge in [-0.15, -0.1) is 0 Å². The Morgan fingerprint density at radius 1 is 0.529 bits per heavy atom. The lowest BCUT2D eigenvalue weighted by Crippen LogP contribution is -2.84. The van der Waals surface area contributed by atoms with E-state index in [0.29, 0.717) is 0 Å². The third kappa shape index (κ3) is 18.5. The van der Waals surface area contributed by atoms with Gasteiger partial charge in [-0.2, -0.15) is 0 Å². The van der Waals surface area contributed by atoms with Gasteiger partial charge in [0, 0.05) is 0 Å². The Bertz CT molecular complexity index is 103. The maximum atomic E-state index is 2.46. The molecule has 0 heterocycles. The molecule has 2 nitrogen and oxygen atoms in total. The monoisotopic (exact) mass is 245 g/mol. The van der Waals surface area contributed by atoms with Crippen molar-refractivity contribution < 1.29 is 10.8 Å². The van der Waals surface area contributed by atoms with Crippen molar-refractivity contribution in [2.24, 2.45) is 0 Å². The van der Waals surface area contributed by atoms with Crippen LogP contribution >= 0.6 is 0 Å². The van der Waals surface area contributed by atoms with Gasteiger partial charge in [-0.25, -0.2) is 0 Å². The minimum Gasteiger partial charge on any atom is -0.870 e. The number of unbranched alkanes of at least 4 members (excludes halogenated alkanes) is 9. The lowest BCUT2D eigenvalue weighted by atomic mass is 10.1. The SMILES string of the molecule is CCCCCCCCCCCC[NH2+]CCC.[OH-]. The number of rotatable bonds is 13. The first kappa shape index (κ1) is 19.3. The zero-order valence-corrected chi connectivity index (χ0v) is 12.2. The Balaban J connectivity index is 0. The molecule has 0 fully saturated rings. The Morgan fingerprint density at radius 3 is 1.47 bits per heavy atom. The molecule has 0 atom stereocenters. The summed E-state index contributed by atoms with van der Waals surface area (Å²) in [7, 11) is 0. The van der Waals surface area contributed by atoms with E-state index in [1.807, 2.05) is 0 Å². The maximum absolute atomic E-state index is 2.46. The summed E-state index contributed by atoms with van der Waals surface area (Å²) >= 11 is 0. The Morgan fingerprint density at radius 2 is 1.00 bits per heavy atom. The van der Waals surface area contributed by atoms with Crippen LogP contribution in [0.25, 0.3) is 0 Å². The normalized spacial score (nSPS) is 10.2. The van der Waals surface area contributed by atoms with Gasteiger partial charge in [0.15, 0.2) is 0 Å². The van der Waals surface area contributed by atoms with Gasteiger partial charge < -0.3 is 10.8 Å². The molecule has 106 valence electrons. The van der Waals surface area contributed by atoms with Crippen LogP contribution in [-0.2, 0) is 0 Å². The molecule has 0 aromatic rings.